The van der Waals surface area contributed by atoms with E-state index in [1.165, 1.54) is 6.08 Å². The van der Waals surface area contributed by atoms with Crippen LogP contribution in [0.25, 0.3) is 5.65 Å². The van der Waals surface area contributed by atoms with Gasteiger partial charge in [-0.2, -0.15) is 0 Å². The Morgan fingerprint density at radius 1 is 1.24 bits per heavy atom. The maximum atomic E-state index is 12.1. The zero-order chi connectivity index (χ0) is 20.4. The number of rotatable bonds is 4. The summed E-state index contributed by atoms with van der Waals surface area (Å²) in [5.41, 5.74) is 2.96. The third-order valence-corrected chi connectivity index (χ3v) is 4.87. The highest BCUT2D eigenvalue weighted by molar-refractivity contribution is 6.29. The Balaban J connectivity index is 1.54. The van der Waals surface area contributed by atoms with Crippen LogP contribution in [0.4, 0.5) is 4.79 Å². The lowest BCUT2D eigenvalue weighted by atomic mass is 9.85. The van der Waals surface area contributed by atoms with Crippen molar-refractivity contribution in [1.29, 1.82) is 5.41 Å². The fraction of sp³-hybridized carbons (Fsp3) is 0.200. The molecule has 3 N–H and O–H groups in total. The molecular formula is C20H19BN6O2. The van der Waals surface area contributed by atoms with Crippen molar-refractivity contribution in [3.63, 3.8) is 0 Å². The molecule has 1 aliphatic carbocycles. The van der Waals surface area contributed by atoms with Gasteiger partial charge in [-0.25, -0.2) is 4.79 Å². The topological polar surface area (TPSA) is 104 Å². The molecule has 9 heteroatoms. The van der Waals surface area contributed by atoms with Crippen molar-refractivity contribution in [3.05, 3.63) is 66.4 Å². The summed E-state index contributed by atoms with van der Waals surface area (Å²) < 4.78 is 7.92. The number of hydrogen-bond acceptors (Lipinski definition) is 5. The third-order valence-electron chi connectivity index (χ3n) is 4.87. The smallest absolute Gasteiger partial charge is 0.320 e. The minimum absolute atomic E-state index is 0.0449. The third kappa shape index (κ3) is 3.84. The van der Waals surface area contributed by atoms with E-state index in [0.29, 0.717) is 23.5 Å². The van der Waals surface area contributed by atoms with Gasteiger partial charge in [-0.05, 0) is 42.2 Å². The Kier molecular flexibility index (Phi) is 5.03. The first-order valence-corrected chi connectivity index (χ1v) is 9.19. The molecule has 1 aliphatic rings. The molecular weight excluding hydrogens is 367 g/mol. The summed E-state index contributed by atoms with van der Waals surface area (Å²) in [6.07, 6.45) is 4.31. The number of urea groups is 1. The van der Waals surface area contributed by atoms with E-state index in [9.17, 15) is 4.79 Å². The van der Waals surface area contributed by atoms with Gasteiger partial charge in [0.1, 0.15) is 17.7 Å². The van der Waals surface area contributed by atoms with Crippen LogP contribution in [0.5, 0.6) is 5.75 Å². The Morgan fingerprint density at radius 2 is 2.03 bits per heavy atom. The first kappa shape index (κ1) is 18.7. The predicted molar refractivity (Wildman–Crippen MR) is 110 cm³/mol. The molecule has 0 saturated heterocycles. The number of fused-ring (bicyclic) bond motifs is 2. The molecule has 0 bridgehead atoms. The van der Waals surface area contributed by atoms with Crippen LogP contribution in [0.15, 0.2) is 55.3 Å². The number of carbonyl (C=O) groups is 1. The lowest BCUT2D eigenvalue weighted by Crippen LogP contribution is -2.41. The quantitative estimate of drug-likeness (QED) is 0.362. The molecule has 0 unspecified atom stereocenters. The van der Waals surface area contributed by atoms with Gasteiger partial charge in [0.05, 0.1) is 18.0 Å². The number of nitrogens with zero attached hydrogens (tertiary/aromatic N) is 3. The van der Waals surface area contributed by atoms with Gasteiger partial charge < -0.3 is 10.1 Å². The number of amides is 2. The highest BCUT2D eigenvalue weighted by atomic mass is 16.5. The van der Waals surface area contributed by atoms with Crippen LogP contribution >= 0.6 is 0 Å². The number of pyridine rings is 1. The van der Waals surface area contributed by atoms with Crippen molar-refractivity contribution < 1.29 is 9.53 Å². The lowest BCUT2D eigenvalue weighted by Gasteiger charge is -2.32. The van der Waals surface area contributed by atoms with Crippen molar-refractivity contribution in [3.8, 4) is 5.75 Å². The molecule has 29 heavy (non-hydrogen) atoms. The average Bonchev–Trinajstić information content (AvgIpc) is 3.10. The highest BCUT2D eigenvalue weighted by Gasteiger charge is 2.29. The van der Waals surface area contributed by atoms with Crippen molar-refractivity contribution in [2.75, 3.05) is 0 Å². The molecule has 0 saturated carbocycles. The summed E-state index contributed by atoms with van der Waals surface area (Å²) in [5, 5.41) is 20.7. The number of ether oxygens (including phenoxy) is 1. The van der Waals surface area contributed by atoms with E-state index in [1.807, 2.05) is 30.3 Å². The van der Waals surface area contributed by atoms with Crippen LogP contribution in [0.2, 0.25) is 0 Å². The summed E-state index contributed by atoms with van der Waals surface area (Å²) in [6.45, 7) is 3.47. The highest BCUT2D eigenvalue weighted by Crippen LogP contribution is 2.38. The fourth-order valence-electron chi connectivity index (χ4n) is 3.51. The normalized spacial score (nSPS) is 17.9. The molecule has 2 radical (unpaired) electrons. The van der Waals surface area contributed by atoms with Crippen LogP contribution in [-0.4, -0.2) is 34.3 Å². The Morgan fingerprint density at radius 3 is 2.83 bits per heavy atom. The van der Waals surface area contributed by atoms with Crippen molar-refractivity contribution in [2.24, 2.45) is 0 Å². The maximum absolute atomic E-state index is 12.1. The Labute approximate surface area is 168 Å². The summed E-state index contributed by atoms with van der Waals surface area (Å²) >= 11 is 0. The molecule has 3 aromatic rings. The number of benzene rings is 1. The summed E-state index contributed by atoms with van der Waals surface area (Å²) in [4.78, 5) is 12.1. The van der Waals surface area contributed by atoms with Crippen LogP contribution in [0.3, 0.4) is 0 Å². The zero-order valence-corrected chi connectivity index (χ0v) is 15.6. The number of nitrogens with one attached hydrogen (secondary N) is 3. The van der Waals surface area contributed by atoms with E-state index in [-0.39, 0.29) is 18.0 Å². The lowest BCUT2D eigenvalue weighted by molar-refractivity contribution is 0.171. The van der Waals surface area contributed by atoms with Gasteiger partial charge in [0, 0.05) is 0 Å². The van der Waals surface area contributed by atoms with Gasteiger partial charge in [-0.15, -0.1) is 10.2 Å². The van der Waals surface area contributed by atoms with Gasteiger partial charge in [-0.1, -0.05) is 30.8 Å². The molecule has 144 valence electrons. The largest absolute Gasteiger partial charge is 0.484 e. The van der Waals surface area contributed by atoms with Crippen molar-refractivity contribution in [1.82, 2.24) is 25.2 Å². The molecule has 1 aromatic carbocycles. The zero-order valence-electron chi connectivity index (χ0n) is 15.6. The van der Waals surface area contributed by atoms with Crippen LogP contribution < -0.4 is 21.1 Å². The monoisotopic (exact) mass is 386 g/mol. The summed E-state index contributed by atoms with van der Waals surface area (Å²) in [7, 11) is 5.83. The molecule has 2 amide bonds. The first-order valence-electron chi connectivity index (χ1n) is 9.19. The van der Waals surface area contributed by atoms with Gasteiger partial charge in [-0.3, -0.25) is 15.1 Å². The van der Waals surface area contributed by atoms with Crippen molar-refractivity contribution >= 4 is 31.1 Å². The Bertz CT molecular complexity index is 1100. The van der Waals surface area contributed by atoms with E-state index < -0.39 is 6.03 Å². The minimum Gasteiger partial charge on any atom is -0.484 e. The minimum atomic E-state index is -0.428. The first-order chi connectivity index (χ1) is 14.0. The van der Waals surface area contributed by atoms with Crippen molar-refractivity contribution in [2.45, 2.75) is 25.0 Å². The summed E-state index contributed by atoms with van der Waals surface area (Å²) in [5.74, 6) is 0.615. The number of hydrogen-bond donors (Lipinski definition) is 3. The fourth-order valence-corrected chi connectivity index (χ4v) is 3.51. The van der Waals surface area contributed by atoms with E-state index >= 15 is 0 Å². The second kappa shape index (κ2) is 7.79. The molecule has 8 nitrogen and oxygen atoms in total. The van der Waals surface area contributed by atoms with Crippen LogP contribution in [0, 0.1) is 5.41 Å². The predicted octanol–water partition coefficient (Wildman–Crippen LogP) is 1.94. The average molecular weight is 386 g/mol. The van der Waals surface area contributed by atoms with Gasteiger partial charge in [0.2, 0.25) is 0 Å². The maximum Gasteiger partial charge on any atom is 0.320 e. The molecule has 2 heterocycles. The van der Waals surface area contributed by atoms with E-state index in [1.54, 1.807) is 16.7 Å². The van der Waals surface area contributed by atoms with Crippen LogP contribution in [0.1, 0.15) is 36.1 Å². The van der Waals surface area contributed by atoms with Gasteiger partial charge in [0.15, 0.2) is 13.5 Å². The van der Waals surface area contributed by atoms with Gasteiger partial charge in [0.25, 0.3) is 0 Å². The van der Waals surface area contributed by atoms with Gasteiger partial charge >= 0.3 is 6.03 Å². The second-order valence-electron chi connectivity index (χ2n) is 6.73. The second-order valence-corrected chi connectivity index (χ2v) is 6.73. The molecule has 0 aliphatic heterocycles. The molecule has 2 atom stereocenters. The standard InChI is InChI=1S/C20H19BN6O2/c1-2-17(22)24-20(28)23-15-8-9-16(14-6-4-3-5-13(14)15)29-12-7-10-18-25-26-19(21)27(18)11-12/h2-7,10-11,15-16H,1,8-9H2,(H3,22,23,24,28)/t15-,16+/m0/s1. The van der Waals surface area contributed by atoms with Crippen LogP contribution in [-0.2, 0) is 0 Å². The number of carbonyl (C=O) groups excluding carboxylic acids is 1. The molecule has 0 fully saturated rings. The summed E-state index contributed by atoms with van der Waals surface area (Å²) in [6, 6.07) is 10.9. The molecule has 4 rings (SSSR count). The number of aromatic nitrogens is 3. The van der Waals surface area contributed by atoms with E-state index in [4.69, 9.17) is 18.0 Å². The Hall–Kier alpha value is -3.62. The molecule has 0 spiro atoms. The number of amidine groups is 1. The van der Waals surface area contributed by atoms with E-state index in [0.717, 1.165) is 17.5 Å². The van der Waals surface area contributed by atoms with E-state index in [2.05, 4.69) is 27.4 Å². The molecule has 2 aromatic heterocycles. The SMILES string of the molecule is [B]c1nnc2ccc(O[C@@H]3CC[C@H](NC(=O)NC(=N)C=C)c4ccccc43)cn12.